The van der Waals surface area contributed by atoms with Gasteiger partial charge in [-0.05, 0) is 18.8 Å². The number of amides is 4. The third-order valence-corrected chi connectivity index (χ3v) is 5.18. The fourth-order valence-electron chi connectivity index (χ4n) is 3.23. The van der Waals surface area contributed by atoms with Crippen molar-refractivity contribution < 1.29 is 29.1 Å². The van der Waals surface area contributed by atoms with Crippen LogP contribution < -0.4 is 38.9 Å². The van der Waals surface area contributed by atoms with Gasteiger partial charge in [0.1, 0.15) is 18.1 Å². The number of hydrogen-bond acceptors (Lipinski definition) is 8. The summed E-state index contributed by atoms with van der Waals surface area (Å²) in [7, 11) is 0. The maximum absolute atomic E-state index is 13.2. The first-order valence-corrected chi connectivity index (χ1v) is 11.5. The van der Waals surface area contributed by atoms with Crippen LogP contribution in [0.2, 0.25) is 0 Å². The van der Waals surface area contributed by atoms with Crippen LogP contribution in [0.3, 0.4) is 0 Å². The number of carboxylic acids is 1. The first-order chi connectivity index (χ1) is 17.3. The molecule has 0 saturated carbocycles. The van der Waals surface area contributed by atoms with Crippen LogP contribution in [0.4, 0.5) is 0 Å². The zero-order valence-electron chi connectivity index (χ0n) is 20.8. The fraction of sp³-hybridized carbons (Fsp3) is 0.571. The van der Waals surface area contributed by atoms with Gasteiger partial charge >= 0.3 is 5.97 Å². The molecule has 4 amide bonds. The van der Waals surface area contributed by atoms with Crippen molar-refractivity contribution in [2.45, 2.75) is 63.7 Å². The summed E-state index contributed by atoms with van der Waals surface area (Å²) >= 11 is 0. The molecule has 0 fully saturated rings. The second kappa shape index (κ2) is 15.0. The van der Waals surface area contributed by atoms with Crippen LogP contribution in [0.5, 0.6) is 0 Å². The van der Waals surface area contributed by atoms with Gasteiger partial charge in [-0.15, -0.1) is 0 Å². The Balaban J connectivity index is 3.10. The number of nitrogens with one attached hydrogen (secondary N) is 4. The van der Waals surface area contributed by atoms with E-state index in [1.165, 1.54) is 12.5 Å². The highest BCUT2D eigenvalue weighted by Crippen LogP contribution is 2.07. The van der Waals surface area contributed by atoms with E-state index in [4.69, 9.17) is 22.9 Å². The van der Waals surface area contributed by atoms with Crippen molar-refractivity contribution in [3.63, 3.8) is 0 Å². The maximum Gasteiger partial charge on any atom is 0.326 e. The SMILES string of the molecule is CC(C)C(NC(=O)C(Cc1cnc[nH]1)NC(=O)C(CCCN=C(N)N)NC(=O)C(N)CC(N)=O)C(=O)O. The summed E-state index contributed by atoms with van der Waals surface area (Å²) in [5.74, 6) is -4.92. The Kier molecular flexibility index (Phi) is 12.5. The van der Waals surface area contributed by atoms with Gasteiger partial charge in [0.15, 0.2) is 5.96 Å². The Hall–Kier alpha value is -4.21. The molecule has 0 saturated heterocycles. The first-order valence-electron chi connectivity index (χ1n) is 11.5. The molecule has 16 heteroatoms. The number of carbonyl (C=O) groups excluding carboxylic acids is 4. The molecule has 16 nitrogen and oxygen atoms in total. The molecule has 0 bridgehead atoms. The number of imidazole rings is 1. The Morgan fingerprint density at radius 2 is 1.65 bits per heavy atom. The van der Waals surface area contributed by atoms with Crippen LogP contribution in [0.15, 0.2) is 17.5 Å². The van der Waals surface area contributed by atoms with Gasteiger partial charge in [0.2, 0.25) is 23.6 Å². The van der Waals surface area contributed by atoms with E-state index >= 15 is 0 Å². The Bertz CT molecular complexity index is 961. The summed E-state index contributed by atoms with van der Waals surface area (Å²) in [6.07, 6.45) is 2.67. The molecule has 0 spiro atoms. The molecule has 1 aromatic heterocycles. The number of H-pyrrole nitrogens is 1. The van der Waals surface area contributed by atoms with E-state index in [1.54, 1.807) is 13.8 Å². The van der Waals surface area contributed by atoms with Crippen LogP contribution in [-0.2, 0) is 30.4 Å². The number of aliphatic imine (C=N–C) groups is 1. The third-order valence-electron chi connectivity index (χ3n) is 5.18. The lowest BCUT2D eigenvalue weighted by Crippen LogP contribution is -2.58. The first kappa shape index (κ1) is 30.8. The predicted octanol–water partition coefficient (Wildman–Crippen LogP) is -3.60. The highest BCUT2D eigenvalue weighted by Gasteiger charge is 2.31. The smallest absolute Gasteiger partial charge is 0.326 e. The van der Waals surface area contributed by atoms with Gasteiger partial charge in [-0.25, -0.2) is 9.78 Å². The molecule has 0 radical (unpaired) electrons. The molecule has 4 unspecified atom stereocenters. The zero-order valence-corrected chi connectivity index (χ0v) is 20.8. The average Bonchev–Trinajstić information content (AvgIpc) is 3.30. The van der Waals surface area contributed by atoms with E-state index in [0.29, 0.717) is 5.69 Å². The largest absolute Gasteiger partial charge is 0.480 e. The Morgan fingerprint density at radius 1 is 1.03 bits per heavy atom. The number of carbonyl (C=O) groups is 5. The normalized spacial score (nSPS) is 14.1. The van der Waals surface area contributed by atoms with Gasteiger partial charge in [-0.1, -0.05) is 13.8 Å². The summed E-state index contributed by atoms with van der Waals surface area (Å²) in [5, 5.41) is 16.9. The lowest BCUT2D eigenvalue weighted by Gasteiger charge is -2.25. The molecule has 0 aromatic carbocycles. The van der Waals surface area contributed by atoms with Gasteiger partial charge in [0.25, 0.3) is 0 Å². The third kappa shape index (κ3) is 11.4. The summed E-state index contributed by atoms with van der Waals surface area (Å²) < 4.78 is 0. The maximum atomic E-state index is 13.2. The zero-order chi connectivity index (χ0) is 28.1. The second-order valence-corrected chi connectivity index (χ2v) is 8.70. The monoisotopic (exact) mass is 524 g/mol. The van der Waals surface area contributed by atoms with Crippen LogP contribution >= 0.6 is 0 Å². The van der Waals surface area contributed by atoms with Gasteiger partial charge in [0, 0.05) is 24.9 Å². The van der Waals surface area contributed by atoms with E-state index in [1.807, 2.05) is 0 Å². The minimum atomic E-state index is -1.29. The second-order valence-electron chi connectivity index (χ2n) is 8.70. The molecule has 0 aliphatic carbocycles. The van der Waals surface area contributed by atoms with E-state index in [2.05, 4.69) is 30.9 Å². The fourth-order valence-corrected chi connectivity index (χ4v) is 3.23. The van der Waals surface area contributed by atoms with Crippen molar-refractivity contribution in [1.29, 1.82) is 0 Å². The van der Waals surface area contributed by atoms with E-state index in [-0.39, 0.29) is 31.8 Å². The molecule has 13 N–H and O–H groups in total. The summed E-state index contributed by atoms with van der Waals surface area (Å²) in [6.45, 7) is 3.40. The number of aromatic amines is 1. The molecule has 1 aromatic rings. The highest BCUT2D eigenvalue weighted by atomic mass is 16.4. The standard InChI is InChI=1S/C21H36N10O6/c1-10(2)16(20(36)37)31-19(35)14(6-11-8-26-9-28-11)30-18(34)13(4-3-5-27-21(24)25)29-17(33)12(22)7-15(23)32/h8-10,12-14,16H,3-7,22H2,1-2H3,(H2,23,32)(H,26,28)(H,29,33)(H,30,34)(H,31,35)(H,36,37)(H4,24,25,27). The Labute approximate surface area is 213 Å². The number of primary amides is 1. The minimum Gasteiger partial charge on any atom is -0.480 e. The number of aliphatic carboxylic acids is 1. The van der Waals surface area contributed by atoms with Crippen molar-refractivity contribution in [3.05, 3.63) is 18.2 Å². The van der Waals surface area contributed by atoms with Gasteiger partial charge in [-0.3, -0.25) is 24.2 Å². The quantitative estimate of drug-likeness (QED) is 0.0581. The molecule has 1 heterocycles. The highest BCUT2D eigenvalue weighted by molar-refractivity contribution is 5.95. The lowest BCUT2D eigenvalue weighted by atomic mass is 10.0. The topological polar surface area (TPSA) is 287 Å². The molecular formula is C21H36N10O6. The summed E-state index contributed by atoms with van der Waals surface area (Å²) in [5.41, 5.74) is 21.9. The number of hydrogen-bond donors (Lipinski definition) is 9. The van der Waals surface area contributed by atoms with Crippen molar-refractivity contribution in [1.82, 2.24) is 25.9 Å². The summed E-state index contributed by atoms with van der Waals surface area (Å²) in [4.78, 5) is 71.8. The molecule has 0 aliphatic rings. The van der Waals surface area contributed by atoms with E-state index < -0.39 is 66.1 Å². The number of guanidine groups is 1. The van der Waals surface area contributed by atoms with Crippen molar-refractivity contribution in [2.24, 2.45) is 33.8 Å². The Morgan fingerprint density at radius 3 is 2.16 bits per heavy atom. The van der Waals surface area contributed by atoms with Gasteiger partial charge < -0.3 is 49.0 Å². The minimum absolute atomic E-state index is 0.0438. The van der Waals surface area contributed by atoms with Crippen molar-refractivity contribution in [3.8, 4) is 0 Å². The molecular weight excluding hydrogens is 488 g/mol. The molecule has 1 rings (SSSR count). The molecule has 206 valence electrons. The van der Waals surface area contributed by atoms with Crippen molar-refractivity contribution in [2.75, 3.05) is 6.54 Å². The number of nitrogens with two attached hydrogens (primary N) is 4. The van der Waals surface area contributed by atoms with Crippen molar-refractivity contribution >= 4 is 35.6 Å². The van der Waals surface area contributed by atoms with Crippen LogP contribution in [0.1, 0.15) is 38.8 Å². The lowest BCUT2D eigenvalue weighted by molar-refractivity contribution is -0.143. The van der Waals surface area contributed by atoms with Crippen LogP contribution in [0.25, 0.3) is 0 Å². The number of rotatable bonds is 16. The molecule has 4 atom stereocenters. The molecule has 37 heavy (non-hydrogen) atoms. The average molecular weight is 525 g/mol. The molecule has 0 aliphatic heterocycles. The number of nitrogens with zero attached hydrogens (tertiary/aromatic N) is 2. The van der Waals surface area contributed by atoms with E-state index in [9.17, 15) is 29.1 Å². The predicted molar refractivity (Wildman–Crippen MR) is 132 cm³/mol. The number of aromatic nitrogens is 2. The van der Waals surface area contributed by atoms with Crippen LogP contribution in [-0.4, -0.2) is 81.3 Å². The van der Waals surface area contributed by atoms with Gasteiger partial charge in [-0.2, -0.15) is 0 Å². The summed E-state index contributed by atoms with van der Waals surface area (Å²) in [6, 6.07) is -4.89. The van der Waals surface area contributed by atoms with Crippen LogP contribution in [0, 0.1) is 5.92 Å². The van der Waals surface area contributed by atoms with E-state index in [0.717, 1.165) is 0 Å². The number of carboxylic acid groups (broad SMARTS) is 1. The van der Waals surface area contributed by atoms with Gasteiger partial charge in [0.05, 0.1) is 18.8 Å².